The Morgan fingerprint density at radius 1 is 0.889 bits per heavy atom. The van der Waals surface area contributed by atoms with Gasteiger partial charge < -0.3 is 5.32 Å². The quantitative estimate of drug-likeness (QED) is 0.394. The minimum Gasteiger partial charge on any atom is -0.338 e. The van der Waals surface area contributed by atoms with Crippen molar-refractivity contribution in [3.05, 3.63) is 77.5 Å². The minimum absolute atomic E-state index is 0.717. The van der Waals surface area contributed by atoms with E-state index in [4.69, 9.17) is 11.6 Å². The van der Waals surface area contributed by atoms with E-state index in [1.54, 1.807) is 23.9 Å². The monoisotopic (exact) mass is 388 g/mol. The van der Waals surface area contributed by atoms with Crippen molar-refractivity contribution in [3.63, 3.8) is 0 Å². The highest BCUT2D eigenvalue weighted by Gasteiger charge is 2.14. The zero-order chi connectivity index (χ0) is 18.2. The van der Waals surface area contributed by atoms with Crippen molar-refractivity contribution in [1.82, 2.24) is 15.0 Å². The van der Waals surface area contributed by atoms with Gasteiger partial charge in [0.1, 0.15) is 17.0 Å². The standard InChI is InChI=1S/C21H13ClN4S/c22-15-8-6-13(7-9-15)16-11-27-21-18(16)20(24-12-25-21)26-17-5-1-3-14-4-2-10-23-19(14)17/h1-12H,(H,24,25,26). The summed E-state index contributed by atoms with van der Waals surface area (Å²) >= 11 is 7.65. The lowest BCUT2D eigenvalue weighted by Gasteiger charge is -2.10. The van der Waals surface area contributed by atoms with Crippen molar-refractivity contribution in [2.45, 2.75) is 0 Å². The Morgan fingerprint density at radius 3 is 2.63 bits per heavy atom. The van der Waals surface area contributed by atoms with Crippen LogP contribution in [0.2, 0.25) is 5.02 Å². The van der Waals surface area contributed by atoms with Crippen LogP contribution in [0, 0.1) is 0 Å². The van der Waals surface area contributed by atoms with Crippen LogP contribution in [0.25, 0.3) is 32.2 Å². The van der Waals surface area contributed by atoms with Gasteiger partial charge in [0.25, 0.3) is 0 Å². The van der Waals surface area contributed by atoms with Crippen molar-refractivity contribution in [2.75, 3.05) is 5.32 Å². The Kier molecular flexibility index (Phi) is 3.96. The zero-order valence-electron chi connectivity index (χ0n) is 14.1. The van der Waals surface area contributed by atoms with E-state index < -0.39 is 0 Å². The second kappa shape index (κ2) is 6.61. The molecule has 0 saturated carbocycles. The molecule has 5 rings (SSSR count). The van der Waals surface area contributed by atoms with Crippen LogP contribution in [0.4, 0.5) is 11.5 Å². The molecule has 5 aromatic rings. The number of pyridine rings is 1. The number of halogens is 1. The molecule has 0 bridgehead atoms. The van der Waals surface area contributed by atoms with E-state index in [1.807, 2.05) is 54.6 Å². The summed E-state index contributed by atoms with van der Waals surface area (Å²) in [5, 5.41) is 8.37. The molecule has 130 valence electrons. The summed E-state index contributed by atoms with van der Waals surface area (Å²) in [7, 11) is 0. The summed E-state index contributed by atoms with van der Waals surface area (Å²) in [6.07, 6.45) is 3.39. The van der Waals surface area contributed by atoms with Crippen molar-refractivity contribution in [2.24, 2.45) is 0 Å². The summed E-state index contributed by atoms with van der Waals surface area (Å²) in [5.74, 6) is 0.768. The topological polar surface area (TPSA) is 50.7 Å². The first-order chi connectivity index (χ1) is 13.3. The van der Waals surface area contributed by atoms with Gasteiger partial charge in [-0.25, -0.2) is 9.97 Å². The molecule has 6 heteroatoms. The number of nitrogens with zero attached hydrogens (tertiary/aromatic N) is 3. The van der Waals surface area contributed by atoms with Gasteiger partial charge in [0, 0.05) is 27.5 Å². The molecule has 0 atom stereocenters. The van der Waals surface area contributed by atoms with Crippen LogP contribution < -0.4 is 5.32 Å². The molecule has 0 radical (unpaired) electrons. The van der Waals surface area contributed by atoms with Gasteiger partial charge in [0.2, 0.25) is 0 Å². The number of anilines is 2. The number of aromatic nitrogens is 3. The second-order valence-electron chi connectivity index (χ2n) is 6.06. The summed E-state index contributed by atoms with van der Waals surface area (Å²) in [6.45, 7) is 0. The van der Waals surface area contributed by atoms with Gasteiger partial charge in [-0.3, -0.25) is 4.98 Å². The lowest BCUT2D eigenvalue weighted by Crippen LogP contribution is -1.97. The van der Waals surface area contributed by atoms with E-state index in [0.717, 1.165) is 48.8 Å². The molecule has 3 heterocycles. The maximum Gasteiger partial charge on any atom is 0.143 e. The van der Waals surface area contributed by atoms with Gasteiger partial charge in [0.05, 0.1) is 16.6 Å². The third-order valence-corrected chi connectivity index (χ3v) is 5.55. The van der Waals surface area contributed by atoms with Gasteiger partial charge in [-0.15, -0.1) is 11.3 Å². The van der Waals surface area contributed by atoms with Crippen LogP contribution in [-0.2, 0) is 0 Å². The summed E-state index contributed by atoms with van der Waals surface area (Å²) in [6, 6.07) is 17.9. The normalized spacial score (nSPS) is 11.1. The van der Waals surface area contributed by atoms with E-state index in [9.17, 15) is 0 Å². The van der Waals surface area contributed by atoms with Crippen LogP contribution >= 0.6 is 22.9 Å². The highest BCUT2D eigenvalue weighted by atomic mass is 35.5. The zero-order valence-corrected chi connectivity index (χ0v) is 15.6. The van der Waals surface area contributed by atoms with Crippen molar-refractivity contribution >= 4 is 55.6 Å². The molecule has 0 aliphatic carbocycles. The molecule has 1 N–H and O–H groups in total. The number of thiophene rings is 1. The lowest BCUT2D eigenvalue weighted by atomic mass is 10.1. The molecule has 0 unspecified atom stereocenters. The predicted molar refractivity (Wildman–Crippen MR) is 113 cm³/mol. The molecular weight excluding hydrogens is 376 g/mol. The predicted octanol–water partition coefficient (Wildman–Crippen LogP) is 6.30. The Bertz CT molecular complexity index is 1260. The number of fused-ring (bicyclic) bond motifs is 2. The second-order valence-corrected chi connectivity index (χ2v) is 7.36. The molecule has 3 aromatic heterocycles. The fourth-order valence-electron chi connectivity index (χ4n) is 3.14. The van der Waals surface area contributed by atoms with Crippen LogP contribution in [0.3, 0.4) is 0 Å². The molecule has 2 aromatic carbocycles. The Labute approximate surface area is 164 Å². The SMILES string of the molecule is Clc1ccc(-c2csc3ncnc(Nc4cccc5cccnc45)c23)cc1. The van der Waals surface area contributed by atoms with Crippen molar-refractivity contribution in [1.29, 1.82) is 0 Å². The van der Waals surface area contributed by atoms with Gasteiger partial charge in [-0.05, 0) is 29.8 Å². The Balaban J connectivity index is 1.67. The molecule has 0 aliphatic rings. The molecule has 4 nitrogen and oxygen atoms in total. The van der Waals surface area contributed by atoms with E-state index >= 15 is 0 Å². The highest BCUT2D eigenvalue weighted by Crippen LogP contribution is 2.38. The number of rotatable bonds is 3. The van der Waals surface area contributed by atoms with Crippen LogP contribution in [0.5, 0.6) is 0 Å². The number of nitrogens with one attached hydrogen (secondary N) is 1. The average Bonchev–Trinajstić information content (AvgIpc) is 3.14. The summed E-state index contributed by atoms with van der Waals surface area (Å²) < 4.78 is 0. The largest absolute Gasteiger partial charge is 0.338 e. The van der Waals surface area contributed by atoms with E-state index in [1.165, 1.54) is 0 Å². The number of benzene rings is 2. The van der Waals surface area contributed by atoms with Crippen molar-refractivity contribution in [3.8, 4) is 11.1 Å². The molecular formula is C21H13ClN4S. The number of hydrogen-bond donors (Lipinski definition) is 1. The first kappa shape index (κ1) is 16.2. The maximum absolute atomic E-state index is 6.04. The van der Waals surface area contributed by atoms with E-state index in [0.29, 0.717) is 0 Å². The fraction of sp³-hybridized carbons (Fsp3) is 0. The first-order valence-corrected chi connectivity index (χ1v) is 9.64. The molecule has 27 heavy (non-hydrogen) atoms. The molecule has 0 aliphatic heterocycles. The molecule has 0 amide bonds. The van der Waals surface area contributed by atoms with Gasteiger partial charge in [-0.1, -0.05) is 41.9 Å². The van der Waals surface area contributed by atoms with Crippen molar-refractivity contribution < 1.29 is 0 Å². The Morgan fingerprint density at radius 2 is 1.74 bits per heavy atom. The smallest absolute Gasteiger partial charge is 0.143 e. The number of hydrogen-bond acceptors (Lipinski definition) is 5. The van der Waals surface area contributed by atoms with Gasteiger partial charge in [0.15, 0.2) is 0 Å². The van der Waals surface area contributed by atoms with Crippen LogP contribution in [0.15, 0.2) is 72.5 Å². The minimum atomic E-state index is 0.717. The van der Waals surface area contributed by atoms with E-state index in [2.05, 4.69) is 25.6 Å². The van der Waals surface area contributed by atoms with Gasteiger partial charge in [-0.2, -0.15) is 0 Å². The van der Waals surface area contributed by atoms with Crippen LogP contribution in [-0.4, -0.2) is 15.0 Å². The maximum atomic E-state index is 6.04. The highest BCUT2D eigenvalue weighted by molar-refractivity contribution is 7.17. The summed E-state index contributed by atoms with van der Waals surface area (Å²) in [5.41, 5.74) is 4.00. The molecule has 0 fully saturated rings. The van der Waals surface area contributed by atoms with E-state index in [-0.39, 0.29) is 0 Å². The third-order valence-electron chi connectivity index (χ3n) is 4.41. The Hall–Kier alpha value is -3.02. The van der Waals surface area contributed by atoms with Crippen LogP contribution in [0.1, 0.15) is 0 Å². The molecule has 0 saturated heterocycles. The molecule has 0 spiro atoms. The average molecular weight is 389 g/mol. The first-order valence-electron chi connectivity index (χ1n) is 8.38. The lowest BCUT2D eigenvalue weighted by molar-refractivity contribution is 1.23. The fourth-order valence-corrected chi connectivity index (χ4v) is 4.19. The summed E-state index contributed by atoms with van der Waals surface area (Å²) in [4.78, 5) is 14.4. The third kappa shape index (κ3) is 2.91. The van der Waals surface area contributed by atoms with Gasteiger partial charge >= 0.3 is 0 Å². The number of para-hydroxylation sites is 1.